The molecule has 5 heteroatoms. The summed E-state index contributed by atoms with van der Waals surface area (Å²) in [6.07, 6.45) is 2.18. The molecule has 106 valence electrons. The highest BCUT2D eigenvalue weighted by Crippen LogP contribution is 2.09. The summed E-state index contributed by atoms with van der Waals surface area (Å²) in [5, 5.41) is 3.34. The Hall–Kier alpha value is -0.420. The van der Waals surface area contributed by atoms with Crippen LogP contribution in [0.1, 0.15) is 33.6 Å². The van der Waals surface area contributed by atoms with Crippen molar-refractivity contribution in [3.8, 4) is 0 Å². The highest BCUT2D eigenvalue weighted by molar-refractivity contribution is 7.85. The summed E-state index contributed by atoms with van der Waals surface area (Å²) >= 11 is 0. The maximum atomic E-state index is 12.0. The maximum Gasteiger partial charge on any atom is 0.235 e. The van der Waals surface area contributed by atoms with Crippen molar-refractivity contribution in [1.82, 2.24) is 10.2 Å². The second kappa shape index (κ2) is 7.89. The lowest BCUT2D eigenvalue weighted by molar-refractivity contribution is -0.127. The SMILES string of the molecule is CCNC(CS(=O)CC(=O)N1CCCC1)C(C)C. The van der Waals surface area contributed by atoms with Gasteiger partial charge < -0.3 is 10.2 Å². The fourth-order valence-corrected chi connectivity index (χ4v) is 3.68. The van der Waals surface area contributed by atoms with Gasteiger partial charge in [-0.15, -0.1) is 0 Å². The standard InChI is InChI=1S/C13H26N2O2S/c1-4-14-12(11(2)3)9-18(17)10-13(16)15-7-5-6-8-15/h11-12,14H,4-10H2,1-3H3. The summed E-state index contributed by atoms with van der Waals surface area (Å²) in [6, 6.07) is 0.238. The smallest absolute Gasteiger partial charge is 0.235 e. The minimum Gasteiger partial charge on any atom is -0.342 e. The molecule has 2 atom stereocenters. The number of carbonyl (C=O) groups excluding carboxylic acids is 1. The third-order valence-electron chi connectivity index (χ3n) is 3.38. The minimum atomic E-state index is -1.05. The normalized spacial score (nSPS) is 19.2. The number of nitrogens with zero attached hydrogens (tertiary/aromatic N) is 1. The van der Waals surface area contributed by atoms with Gasteiger partial charge in [0, 0.05) is 35.7 Å². The molecule has 1 heterocycles. The molecule has 1 aliphatic rings. The number of amides is 1. The maximum absolute atomic E-state index is 12.0. The number of nitrogens with one attached hydrogen (secondary N) is 1. The van der Waals surface area contributed by atoms with Gasteiger partial charge in [0.15, 0.2) is 0 Å². The second-order valence-electron chi connectivity index (χ2n) is 5.25. The van der Waals surface area contributed by atoms with Gasteiger partial charge in [-0.05, 0) is 25.3 Å². The Balaban J connectivity index is 2.37. The van der Waals surface area contributed by atoms with Crippen molar-refractivity contribution in [2.75, 3.05) is 31.1 Å². The van der Waals surface area contributed by atoms with Gasteiger partial charge in [0.05, 0.1) is 0 Å². The Labute approximate surface area is 113 Å². The van der Waals surface area contributed by atoms with Crippen LogP contribution in [0.5, 0.6) is 0 Å². The first kappa shape index (κ1) is 15.6. The average Bonchev–Trinajstić information content (AvgIpc) is 2.81. The van der Waals surface area contributed by atoms with E-state index >= 15 is 0 Å². The minimum absolute atomic E-state index is 0.0600. The van der Waals surface area contributed by atoms with Crippen LogP contribution in [-0.4, -0.2) is 52.2 Å². The topological polar surface area (TPSA) is 49.4 Å². The van der Waals surface area contributed by atoms with Crippen LogP contribution >= 0.6 is 0 Å². The van der Waals surface area contributed by atoms with E-state index in [-0.39, 0.29) is 17.7 Å². The first-order chi connectivity index (χ1) is 8.54. The summed E-state index contributed by atoms with van der Waals surface area (Å²) in [5.41, 5.74) is 0. The Kier molecular flexibility index (Phi) is 6.86. The van der Waals surface area contributed by atoms with Crippen LogP contribution in [0.15, 0.2) is 0 Å². The predicted molar refractivity (Wildman–Crippen MR) is 76.0 cm³/mol. The molecule has 0 aliphatic carbocycles. The van der Waals surface area contributed by atoms with Crippen molar-refractivity contribution in [3.63, 3.8) is 0 Å². The number of rotatable bonds is 7. The van der Waals surface area contributed by atoms with Crippen LogP contribution in [0.4, 0.5) is 0 Å². The largest absolute Gasteiger partial charge is 0.342 e. The van der Waals surface area contributed by atoms with Crippen LogP contribution in [0, 0.1) is 5.92 Å². The zero-order chi connectivity index (χ0) is 13.5. The fraction of sp³-hybridized carbons (Fsp3) is 0.923. The van der Waals surface area contributed by atoms with Crippen molar-refractivity contribution in [2.24, 2.45) is 5.92 Å². The van der Waals surface area contributed by atoms with Crippen LogP contribution in [-0.2, 0) is 15.6 Å². The molecule has 1 rings (SSSR count). The molecule has 2 unspecified atom stereocenters. The lowest BCUT2D eigenvalue weighted by atomic mass is 10.1. The average molecular weight is 274 g/mol. The summed E-state index contributed by atoms with van der Waals surface area (Å²) in [4.78, 5) is 13.7. The van der Waals surface area contributed by atoms with E-state index in [1.54, 1.807) is 0 Å². The molecule has 0 bridgehead atoms. The summed E-state index contributed by atoms with van der Waals surface area (Å²) < 4.78 is 12.0. The van der Waals surface area contributed by atoms with E-state index in [0.717, 1.165) is 32.5 Å². The second-order valence-corrected chi connectivity index (χ2v) is 6.75. The van der Waals surface area contributed by atoms with Crippen LogP contribution < -0.4 is 5.32 Å². The lowest BCUT2D eigenvalue weighted by Crippen LogP contribution is -2.40. The lowest BCUT2D eigenvalue weighted by Gasteiger charge is -2.22. The molecule has 1 aliphatic heterocycles. The number of likely N-dealkylation sites (tertiary alicyclic amines) is 1. The summed E-state index contributed by atoms with van der Waals surface area (Å²) in [7, 11) is -1.05. The molecule has 0 saturated carbocycles. The van der Waals surface area contributed by atoms with Crippen molar-refractivity contribution in [3.05, 3.63) is 0 Å². The first-order valence-electron chi connectivity index (χ1n) is 6.90. The van der Waals surface area contributed by atoms with Crippen molar-refractivity contribution in [2.45, 2.75) is 39.7 Å². The third-order valence-corrected chi connectivity index (χ3v) is 4.68. The van der Waals surface area contributed by atoms with Crippen LogP contribution in [0.3, 0.4) is 0 Å². The molecule has 1 N–H and O–H groups in total. The van der Waals surface area contributed by atoms with Gasteiger partial charge in [0.1, 0.15) is 5.75 Å². The molecule has 0 spiro atoms. The van der Waals surface area contributed by atoms with Gasteiger partial charge in [-0.3, -0.25) is 9.00 Å². The van der Waals surface area contributed by atoms with E-state index in [4.69, 9.17) is 0 Å². The van der Waals surface area contributed by atoms with Crippen LogP contribution in [0.2, 0.25) is 0 Å². The molecule has 0 radical (unpaired) electrons. The number of hydrogen-bond acceptors (Lipinski definition) is 3. The number of carbonyl (C=O) groups is 1. The Morgan fingerprint density at radius 2 is 1.94 bits per heavy atom. The Bertz CT molecular complexity index is 289. The molecule has 1 fully saturated rings. The van der Waals surface area contributed by atoms with Gasteiger partial charge in [-0.25, -0.2) is 0 Å². The molecule has 0 aromatic heterocycles. The fourth-order valence-electron chi connectivity index (χ4n) is 2.20. The monoisotopic (exact) mass is 274 g/mol. The Morgan fingerprint density at radius 3 is 2.44 bits per heavy atom. The van der Waals surface area contributed by atoms with E-state index in [2.05, 4.69) is 19.2 Å². The Morgan fingerprint density at radius 1 is 1.33 bits per heavy atom. The van der Waals surface area contributed by atoms with Crippen LogP contribution in [0.25, 0.3) is 0 Å². The van der Waals surface area contributed by atoms with E-state index < -0.39 is 10.8 Å². The molecule has 0 aromatic carbocycles. The van der Waals surface area contributed by atoms with Gasteiger partial charge in [-0.2, -0.15) is 0 Å². The summed E-state index contributed by atoms with van der Waals surface area (Å²) in [6.45, 7) is 8.85. The number of hydrogen-bond donors (Lipinski definition) is 1. The van der Waals surface area contributed by atoms with Gasteiger partial charge in [0.2, 0.25) is 5.91 Å². The highest BCUT2D eigenvalue weighted by Gasteiger charge is 2.22. The molecular formula is C13H26N2O2S. The molecule has 1 saturated heterocycles. The van der Waals surface area contributed by atoms with Crippen molar-refractivity contribution in [1.29, 1.82) is 0 Å². The quantitative estimate of drug-likeness (QED) is 0.753. The molecule has 0 aromatic rings. The van der Waals surface area contributed by atoms with Gasteiger partial charge in [-0.1, -0.05) is 20.8 Å². The molecule has 18 heavy (non-hydrogen) atoms. The molecule has 1 amide bonds. The predicted octanol–water partition coefficient (Wildman–Crippen LogP) is 0.992. The molecule has 4 nitrogen and oxygen atoms in total. The highest BCUT2D eigenvalue weighted by atomic mass is 32.2. The van der Waals surface area contributed by atoms with Crippen molar-refractivity contribution >= 4 is 16.7 Å². The van der Waals surface area contributed by atoms with Gasteiger partial charge in [0.25, 0.3) is 0 Å². The summed E-state index contributed by atoms with van der Waals surface area (Å²) in [5.74, 6) is 1.26. The van der Waals surface area contributed by atoms with Gasteiger partial charge >= 0.3 is 0 Å². The first-order valence-corrected chi connectivity index (χ1v) is 8.39. The van der Waals surface area contributed by atoms with E-state index in [9.17, 15) is 9.00 Å². The van der Waals surface area contributed by atoms with E-state index in [1.807, 2.05) is 11.8 Å². The van der Waals surface area contributed by atoms with E-state index in [0.29, 0.717) is 11.7 Å². The molecular weight excluding hydrogens is 248 g/mol. The third kappa shape index (κ3) is 5.06. The zero-order valence-corrected chi connectivity index (χ0v) is 12.6. The zero-order valence-electron chi connectivity index (χ0n) is 11.8. The van der Waals surface area contributed by atoms with Crippen molar-refractivity contribution < 1.29 is 9.00 Å². The van der Waals surface area contributed by atoms with E-state index in [1.165, 1.54) is 0 Å².